The summed E-state index contributed by atoms with van der Waals surface area (Å²) >= 11 is 0. The number of ether oxygens (including phenoxy) is 1. The average molecular weight is 170 g/mol. The topological polar surface area (TPSA) is 69.0 Å². The minimum absolute atomic E-state index is 0.442. The van der Waals surface area contributed by atoms with Gasteiger partial charge in [-0.1, -0.05) is 0 Å². The van der Waals surface area contributed by atoms with Crippen LogP contribution in [0.3, 0.4) is 0 Å². The minimum Gasteiger partial charge on any atom is -0.453 e. The second-order valence-corrected chi connectivity index (χ2v) is 2.04. The zero-order valence-corrected chi connectivity index (χ0v) is 6.73. The van der Waals surface area contributed by atoms with E-state index in [9.17, 15) is 4.79 Å². The molecule has 12 heavy (non-hydrogen) atoms. The van der Waals surface area contributed by atoms with Crippen molar-refractivity contribution in [2.24, 2.45) is 0 Å². The maximum atomic E-state index is 10.6. The Kier molecular flexibility index (Phi) is 3.06. The molecule has 0 aliphatic carbocycles. The SMILES string of the molecule is COC(=O)NCCn1nccn1. The summed E-state index contributed by atoms with van der Waals surface area (Å²) in [6, 6.07) is 0. The maximum absolute atomic E-state index is 10.6. The van der Waals surface area contributed by atoms with Crippen LogP contribution in [-0.2, 0) is 11.3 Å². The molecule has 0 fully saturated rings. The van der Waals surface area contributed by atoms with Crippen molar-refractivity contribution in [3.63, 3.8) is 0 Å². The van der Waals surface area contributed by atoms with E-state index in [1.165, 1.54) is 11.9 Å². The van der Waals surface area contributed by atoms with Crippen LogP contribution in [0.1, 0.15) is 0 Å². The lowest BCUT2D eigenvalue weighted by Gasteiger charge is -2.01. The summed E-state index contributed by atoms with van der Waals surface area (Å²) < 4.78 is 4.37. The van der Waals surface area contributed by atoms with Crippen molar-refractivity contribution >= 4 is 6.09 Å². The number of hydrogen-bond donors (Lipinski definition) is 1. The van der Waals surface area contributed by atoms with E-state index in [1.807, 2.05) is 0 Å². The summed E-state index contributed by atoms with van der Waals surface area (Å²) in [5, 5.41) is 10.2. The molecule has 0 aliphatic heterocycles. The molecule has 1 aromatic rings. The molecule has 1 amide bonds. The van der Waals surface area contributed by atoms with Gasteiger partial charge in [-0.2, -0.15) is 15.0 Å². The Morgan fingerprint density at radius 2 is 2.25 bits per heavy atom. The zero-order valence-electron chi connectivity index (χ0n) is 6.73. The summed E-state index contributed by atoms with van der Waals surface area (Å²) in [5.74, 6) is 0. The predicted molar refractivity (Wildman–Crippen MR) is 40.4 cm³/mol. The Morgan fingerprint density at radius 1 is 1.58 bits per heavy atom. The van der Waals surface area contributed by atoms with Gasteiger partial charge < -0.3 is 10.1 Å². The maximum Gasteiger partial charge on any atom is 0.406 e. The lowest BCUT2D eigenvalue weighted by molar-refractivity contribution is 0.170. The number of hydrogen-bond acceptors (Lipinski definition) is 4. The van der Waals surface area contributed by atoms with Gasteiger partial charge in [0, 0.05) is 6.54 Å². The first-order valence-corrected chi connectivity index (χ1v) is 3.49. The highest BCUT2D eigenvalue weighted by Gasteiger charge is 1.96. The quantitative estimate of drug-likeness (QED) is 0.672. The highest BCUT2D eigenvalue weighted by Crippen LogP contribution is 1.77. The fraction of sp³-hybridized carbons (Fsp3) is 0.500. The molecule has 6 nitrogen and oxygen atoms in total. The molecule has 0 aliphatic rings. The molecule has 1 rings (SSSR count). The van der Waals surface area contributed by atoms with Crippen LogP contribution in [0.5, 0.6) is 0 Å². The van der Waals surface area contributed by atoms with Crippen molar-refractivity contribution in [3.8, 4) is 0 Å². The first-order valence-electron chi connectivity index (χ1n) is 3.49. The Labute approximate surface area is 69.5 Å². The number of amides is 1. The van der Waals surface area contributed by atoms with Crippen LogP contribution >= 0.6 is 0 Å². The van der Waals surface area contributed by atoms with E-state index in [0.717, 1.165) is 0 Å². The monoisotopic (exact) mass is 170 g/mol. The van der Waals surface area contributed by atoms with Gasteiger partial charge in [0.15, 0.2) is 0 Å². The van der Waals surface area contributed by atoms with Crippen molar-refractivity contribution < 1.29 is 9.53 Å². The van der Waals surface area contributed by atoms with Crippen LogP contribution < -0.4 is 5.32 Å². The molecule has 66 valence electrons. The zero-order chi connectivity index (χ0) is 8.81. The largest absolute Gasteiger partial charge is 0.453 e. The van der Waals surface area contributed by atoms with Crippen LogP contribution in [0, 0.1) is 0 Å². The fourth-order valence-electron chi connectivity index (χ4n) is 0.689. The third-order valence-electron chi connectivity index (χ3n) is 1.23. The average Bonchev–Trinajstić information content (AvgIpc) is 2.57. The molecule has 1 heterocycles. The molecule has 6 heteroatoms. The summed E-state index contributed by atoms with van der Waals surface area (Å²) in [7, 11) is 1.32. The summed E-state index contributed by atoms with van der Waals surface area (Å²) in [4.78, 5) is 12.0. The fourth-order valence-corrected chi connectivity index (χ4v) is 0.689. The molecule has 0 saturated heterocycles. The van der Waals surface area contributed by atoms with Crippen molar-refractivity contribution in [2.45, 2.75) is 6.54 Å². The summed E-state index contributed by atoms with van der Waals surface area (Å²) in [5.41, 5.74) is 0. The Balaban J connectivity index is 2.15. The lowest BCUT2D eigenvalue weighted by Crippen LogP contribution is -2.27. The number of aromatic nitrogens is 3. The van der Waals surface area contributed by atoms with E-state index in [2.05, 4.69) is 20.3 Å². The van der Waals surface area contributed by atoms with E-state index < -0.39 is 6.09 Å². The van der Waals surface area contributed by atoms with E-state index in [4.69, 9.17) is 0 Å². The van der Waals surface area contributed by atoms with Crippen molar-refractivity contribution in [2.75, 3.05) is 13.7 Å². The van der Waals surface area contributed by atoms with Crippen molar-refractivity contribution in [3.05, 3.63) is 12.4 Å². The van der Waals surface area contributed by atoms with Gasteiger partial charge in [0.05, 0.1) is 26.0 Å². The molecule has 1 aromatic heterocycles. The molecule has 0 radical (unpaired) electrons. The second-order valence-electron chi connectivity index (χ2n) is 2.04. The summed E-state index contributed by atoms with van der Waals surface area (Å²) in [6.45, 7) is 1.00. The van der Waals surface area contributed by atoms with Gasteiger partial charge in [0.2, 0.25) is 0 Å². The van der Waals surface area contributed by atoms with E-state index >= 15 is 0 Å². The van der Waals surface area contributed by atoms with Gasteiger partial charge in [-0.25, -0.2) is 4.79 Å². The number of nitrogens with zero attached hydrogens (tertiary/aromatic N) is 3. The molecule has 0 bridgehead atoms. The Bertz CT molecular complexity index is 234. The van der Waals surface area contributed by atoms with E-state index in [0.29, 0.717) is 13.1 Å². The number of nitrogens with one attached hydrogen (secondary N) is 1. The third-order valence-corrected chi connectivity index (χ3v) is 1.23. The molecular weight excluding hydrogens is 160 g/mol. The Hall–Kier alpha value is -1.59. The van der Waals surface area contributed by atoms with E-state index in [-0.39, 0.29) is 0 Å². The van der Waals surface area contributed by atoms with Crippen LogP contribution in [-0.4, -0.2) is 34.7 Å². The Morgan fingerprint density at radius 3 is 2.83 bits per heavy atom. The predicted octanol–water partition coefficient (Wildman–Crippen LogP) is -0.366. The first-order chi connectivity index (χ1) is 5.83. The standard InChI is InChI=1S/C6H10N4O2/c1-12-6(11)7-4-5-10-8-2-3-9-10/h2-3H,4-5H2,1H3,(H,7,11). The van der Waals surface area contributed by atoms with Gasteiger partial charge in [-0.3, -0.25) is 0 Å². The first kappa shape index (κ1) is 8.51. The lowest BCUT2D eigenvalue weighted by atomic mass is 10.6. The van der Waals surface area contributed by atoms with Crippen molar-refractivity contribution in [1.82, 2.24) is 20.3 Å². The highest BCUT2D eigenvalue weighted by atomic mass is 16.5. The van der Waals surface area contributed by atoms with E-state index in [1.54, 1.807) is 12.4 Å². The third kappa shape index (κ3) is 2.57. The minimum atomic E-state index is -0.442. The van der Waals surface area contributed by atoms with Gasteiger partial charge in [-0.05, 0) is 0 Å². The number of alkyl carbamates (subject to hydrolysis) is 1. The van der Waals surface area contributed by atoms with Gasteiger partial charge in [0.1, 0.15) is 0 Å². The number of carbonyl (C=O) groups is 1. The van der Waals surface area contributed by atoms with Crippen LogP contribution in [0.25, 0.3) is 0 Å². The smallest absolute Gasteiger partial charge is 0.406 e. The molecular formula is C6H10N4O2. The number of methoxy groups -OCH3 is 1. The van der Waals surface area contributed by atoms with Gasteiger partial charge in [0.25, 0.3) is 0 Å². The van der Waals surface area contributed by atoms with Crippen LogP contribution in [0.15, 0.2) is 12.4 Å². The normalized spacial score (nSPS) is 9.42. The van der Waals surface area contributed by atoms with Gasteiger partial charge >= 0.3 is 6.09 Å². The number of rotatable bonds is 3. The van der Waals surface area contributed by atoms with Crippen LogP contribution in [0.2, 0.25) is 0 Å². The molecule has 0 atom stereocenters. The molecule has 0 aromatic carbocycles. The summed E-state index contributed by atoms with van der Waals surface area (Å²) in [6.07, 6.45) is 2.72. The van der Waals surface area contributed by atoms with Crippen molar-refractivity contribution in [1.29, 1.82) is 0 Å². The second kappa shape index (κ2) is 4.32. The number of carbonyl (C=O) groups excluding carboxylic acids is 1. The molecule has 0 unspecified atom stereocenters. The molecule has 1 N–H and O–H groups in total. The molecule has 0 spiro atoms. The van der Waals surface area contributed by atoms with Crippen LogP contribution in [0.4, 0.5) is 4.79 Å². The van der Waals surface area contributed by atoms with Gasteiger partial charge in [-0.15, -0.1) is 0 Å². The highest BCUT2D eigenvalue weighted by molar-refractivity contribution is 5.66. The molecule has 0 saturated carbocycles.